The van der Waals surface area contributed by atoms with Gasteiger partial charge >= 0.3 is 6.09 Å². The number of hydrogen-bond acceptors (Lipinski definition) is 6. The summed E-state index contributed by atoms with van der Waals surface area (Å²) in [5, 5.41) is 10.8. The molecule has 0 aliphatic carbocycles. The van der Waals surface area contributed by atoms with E-state index in [-0.39, 0.29) is 13.1 Å². The predicted octanol–water partition coefficient (Wildman–Crippen LogP) is 0.365. The van der Waals surface area contributed by atoms with E-state index in [2.05, 4.69) is 4.98 Å². The normalized spacial score (nSPS) is 18.2. The van der Waals surface area contributed by atoms with Gasteiger partial charge in [-0.3, -0.25) is 9.47 Å². The lowest BCUT2D eigenvalue weighted by Gasteiger charge is -2.23. The molecule has 2 amide bonds. The topological polar surface area (TPSA) is 100.0 Å². The summed E-state index contributed by atoms with van der Waals surface area (Å²) in [6.07, 6.45) is 1.18. The first-order valence-corrected chi connectivity index (χ1v) is 7.72. The molecule has 25 heavy (non-hydrogen) atoms. The quantitative estimate of drug-likeness (QED) is 0.798. The third kappa shape index (κ3) is 2.63. The molecule has 2 aromatic rings. The monoisotopic (exact) mass is 343 g/mol. The van der Waals surface area contributed by atoms with Crippen molar-refractivity contribution in [3.63, 3.8) is 0 Å². The third-order valence-corrected chi connectivity index (χ3v) is 4.25. The lowest BCUT2D eigenvalue weighted by Crippen LogP contribution is -2.43. The van der Waals surface area contributed by atoms with E-state index in [9.17, 15) is 14.7 Å². The van der Waals surface area contributed by atoms with Gasteiger partial charge in [0.25, 0.3) is 0 Å². The van der Waals surface area contributed by atoms with Crippen LogP contribution < -0.4 is 14.7 Å². The second-order valence-corrected chi connectivity index (χ2v) is 5.92. The summed E-state index contributed by atoms with van der Waals surface area (Å²) < 4.78 is 12.9. The molecule has 1 saturated heterocycles. The van der Waals surface area contributed by atoms with Crippen molar-refractivity contribution in [1.29, 1.82) is 0 Å². The second kappa shape index (κ2) is 5.69. The highest BCUT2D eigenvalue weighted by molar-refractivity contribution is 5.90. The fourth-order valence-corrected chi connectivity index (χ4v) is 3.00. The number of imidazole rings is 1. The van der Waals surface area contributed by atoms with Gasteiger partial charge in [-0.05, 0) is 12.1 Å². The van der Waals surface area contributed by atoms with Crippen molar-refractivity contribution < 1.29 is 24.2 Å². The molecule has 9 nitrogen and oxygen atoms in total. The van der Waals surface area contributed by atoms with Crippen LogP contribution in [0.1, 0.15) is 5.82 Å². The van der Waals surface area contributed by atoms with Crippen molar-refractivity contribution in [2.45, 2.75) is 12.7 Å². The SMILES string of the molecule is CN(C[C@H]1CN(c2ccc3c(c2)OCc2nccn2-3)C(=O)O1)C(=O)[O-]. The Kier molecular flexibility index (Phi) is 3.48. The van der Waals surface area contributed by atoms with E-state index in [0.717, 1.165) is 16.4 Å². The Bertz CT molecular complexity index is 849. The third-order valence-electron chi connectivity index (χ3n) is 4.25. The van der Waals surface area contributed by atoms with Crippen LogP contribution in [0.5, 0.6) is 5.75 Å². The molecule has 4 rings (SSSR count). The molecule has 0 unspecified atom stereocenters. The Hall–Kier alpha value is -3.23. The van der Waals surface area contributed by atoms with Gasteiger partial charge < -0.3 is 24.3 Å². The Morgan fingerprint density at radius 2 is 2.32 bits per heavy atom. The number of benzene rings is 1. The molecule has 130 valence electrons. The standard InChI is InChI=1S/C16H16N4O5/c1-18(15(21)22)7-11-8-20(16(23)25-11)10-2-3-12-13(6-10)24-9-14-17-4-5-19(12)14/h2-6,11H,7-9H2,1H3,(H,21,22)/p-1/t11-/m0/s1. The number of rotatable bonds is 3. The molecule has 1 aromatic carbocycles. The van der Waals surface area contributed by atoms with Crippen molar-refractivity contribution in [3.8, 4) is 11.4 Å². The Morgan fingerprint density at radius 3 is 3.12 bits per heavy atom. The van der Waals surface area contributed by atoms with Gasteiger partial charge in [0.1, 0.15) is 24.6 Å². The lowest BCUT2D eigenvalue weighted by molar-refractivity contribution is -0.264. The molecule has 1 fully saturated rings. The van der Waals surface area contributed by atoms with E-state index in [1.54, 1.807) is 18.3 Å². The van der Waals surface area contributed by atoms with Crippen molar-refractivity contribution in [2.24, 2.45) is 0 Å². The fourth-order valence-electron chi connectivity index (χ4n) is 3.00. The van der Waals surface area contributed by atoms with Gasteiger partial charge in [0.15, 0.2) is 5.82 Å². The molecular formula is C16H15N4O5-. The van der Waals surface area contributed by atoms with Gasteiger partial charge in [0.2, 0.25) is 0 Å². The van der Waals surface area contributed by atoms with E-state index in [1.807, 2.05) is 16.8 Å². The van der Waals surface area contributed by atoms with Crippen molar-refractivity contribution in [2.75, 3.05) is 25.0 Å². The van der Waals surface area contributed by atoms with Crippen LogP contribution in [0.4, 0.5) is 15.3 Å². The number of anilines is 1. The van der Waals surface area contributed by atoms with Gasteiger partial charge in [-0.2, -0.15) is 0 Å². The summed E-state index contributed by atoms with van der Waals surface area (Å²) in [5.74, 6) is 1.46. The van der Waals surface area contributed by atoms with Crippen LogP contribution in [0.25, 0.3) is 5.69 Å². The lowest BCUT2D eigenvalue weighted by atomic mass is 10.2. The summed E-state index contributed by atoms with van der Waals surface area (Å²) >= 11 is 0. The number of carbonyl (C=O) groups is 2. The largest absolute Gasteiger partial charge is 0.530 e. The van der Waals surface area contributed by atoms with Gasteiger partial charge in [0, 0.05) is 25.5 Å². The first-order valence-electron chi connectivity index (χ1n) is 7.72. The zero-order valence-electron chi connectivity index (χ0n) is 13.4. The maximum Gasteiger partial charge on any atom is 0.414 e. The molecule has 0 saturated carbocycles. The van der Waals surface area contributed by atoms with Crippen LogP contribution in [0.2, 0.25) is 0 Å². The summed E-state index contributed by atoms with van der Waals surface area (Å²) in [5.41, 5.74) is 1.48. The number of likely N-dealkylation sites (N-methyl/N-ethyl adjacent to an activating group) is 1. The minimum absolute atomic E-state index is 0.0599. The molecular weight excluding hydrogens is 328 g/mol. The molecule has 0 radical (unpaired) electrons. The van der Waals surface area contributed by atoms with Crippen LogP contribution in [-0.4, -0.2) is 52.9 Å². The summed E-state index contributed by atoms with van der Waals surface area (Å²) in [6.45, 7) is 0.670. The van der Waals surface area contributed by atoms with Gasteiger partial charge in [-0.1, -0.05) is 0 Å². The van der Waals surface area contributed by atoms with Crippen molar-refractivity contribution >= 4 is 17.9 Å². The number of carboxylic acid groups (broad SMARTS) is 1. The molecule has 9 heteroatoms. The zero-order chi connectivity index (χ0) is 17.6. The molecule has 2 aliphatic rings. The molecule has 2 aliphatic heterocycles. The van der Waals surface area contributed by atoms with Gasteiger partial charge in [0.05, 0.1) is 24.5 Å². The van der Waals surface area contributed by atoms with Crippen LogP contribution in [-0.2, 0) is 11.3 Å². The van der Waals surface area contributed by atoms with Crippen LogP contribution >= 0.6 is 0 Å². The number of carbonyl (C=O) groups excluding carboxylic acids is 2. The molecule has 1 atom stereocenters. The number of nitrogens with zero attached hydrogens (tertiary/aromatic N) is 4. The number of fused-ring (bicyclic) bond motifs is 3. The first-order chi connectivity index (χ1) is 12.0. The average molecular weight is 343 g/mol. The predicted molar refractivity (Wildman–Crippen MR) is 83.5 cm³/mol. The molecule has 1 aromatic heterocycles. The Morgan fingerprint density at radius 1 is 1.48 bits per heavy atom. The maximum atomic E-state index is 12.1. The first kappa shape index (κ1) is 15.3. The van der Waals surface area contributed by atoms with Crippen LogP contribution in [0.3, 0.4) is 0 Å². The van der Waals surface area contributed by atoms with Gasteiger partial charge in [-0.15, -0.1) is 0 Å². The van der Waals surface area contributed by atoms with Gasteiger partial charge in [-0.25, -0.2) is 9.78 Å². The number of amides is 2. The zero-order valence-corrected chi connectivity index (χ0v) is 13.4. The van der Waals surface area contributed by atoms with E-state index in [4.69, 9.17) is 9.47 Å². The molecule has 0 bridgehead atoms. The second-order valence-electron chi connectivity index (χ2n) is 5.92. The average Bonchev–Trinajstić information content (AvgIpc) is 3.20. The van der Waals surface area contributed by atoms with Crippen molar-refractivity contribution in [1.82, 2.24) is 14.5 Å². The van der Waals surface area contributed by atoms with Crippen LogP contribution in [0, 0.1) is 0 Å². The minimum atomic E-state index is -1.31. The Balaban J connectivity index is 1.55. The summed E-state index contributed by atoms with van der Waals surface area (Å²) in [7, 11) is 1.38. The summed E-state index contributed by atoms with van der Waals surface area (Å²) in [6, 6.07) is 5.41. The fraction of sp³-hybridized carbons (Fsp3) is 0.312. The highest BCUT2D eigenvalue weighted by atomic mass is 16.6. The molecule has 0 spiro atoms. The number of cyclic esters (lactones) is 1. The molecule has 3 heterocycles. The highest BCUT2D eigenvalue weighted by Crippen LogP contribution is 2.34. The van der Waals surface area contributed by atoms with E-state index in [0.29, 0.717) is 18.0 Å². The maximum absolute atomic E-state index is 12.1. The summed E-state index contributed by atoms with van der Waals surface area (Å²) in [4.78, 5) is 29.6. The molecule has 0 N–H and O–H groups in total. The van der Waals surface area contributed by atoms with E-state index < -0.39 is 18.3 Å². The van der Waals surface area contributed by atoms with Crippen molar-refractivity contribution in [3.05, 3.63) is 36.4 Å². The number of aromatic nitrogens is 2. The number of hydrogen-bond donors (Lipinski definition) is 0. The van der Waals surface area contributed by atoms with E-state index >= 15 is 0 Å². The smallest absolute Gasteiger partial charge is 0.414 e. The van der Waals surface area contributed by atoms with E-state index in [1.165, 1.54) is 11.9 Å². The minimum Gasteiger partial charge on any atom is -0.530 e. The highest BCUT2D eigenvalue weighted by Gasteiger charge is 2.33. The Labute approximate surface area is 143 Å². The van der Waals surface area contributed by atoms with Crippen LogP contribution in [0.15, 0.2) is 30.6 Å². The number of ether oxygens (including phenoxy) is 2.